The third-order valence-corrected chi connectivity index (χ3v) is 3.48. The Morgan fingerprint density at radius 1 is 1.29 bits per heavy atom. The Hall–Kier alpha value is -2.43. The van der Waals surface area contributed by atoms with E-state index < -0.39 is 0 Å². The molecule has 0 bridgehead atoms. The molecule has 0 atom stereocenters. The molecule has 1 amide bonds. The minimum absolute atomic E-state index is 0.0960. The van der Waals surface area contributed by atoms with Gasteiger partial charge in [-0.1, -0.05) is 37.3 Å². The minimum Gasteiger partial charge on any atom is -0.321 e. The lowest BCUT2D eigenvalue weighted by Gasteiger charge is -2.10. The van der Waals surface area contributed by atoms with Gasteiger partial charge in [-0.05, 0) is 13.3 Å². The van der Waals surface area contributed by atoms with Crippen molar-refractivity contribution in [3.63, 3.8) is 0 Å². The van der Waals surface area contributed by atoms with Gasteiger partial charge in [0.05, 0.1) is 17.1 Å². The van der Waals surface area contributed by atoms with Gasteiger partial charge in [0.2, 0.25) is 5.91 Å². The number of rotatable bonds is 3. The molecule has 1 aliphatic heterocycles. The SMILES string of the molecule is CCCn1nc(C)c2c1C(c1ccccc1)=NCC(=O)N2. The van der Waals surface area contributed by atoms with Crippen molar-refractivity contribution in [3.05, 3.63) is 47.3 Å². The Balaban J connectivity index is 2.20. The number of carbonyl (C=O) groups excluding carboxylic acids is 1. The molecule has 0 saturated carbocycles. The van der Waals surface area contributed by atoms with Crippen molar-refractivity contribution in [2.24, 2.45) is 4.99 Å². The number of carbonyl (C=O) groups is 1. The second-order valence-corrected chi connectivity index (χ2v) is 5.11. The fraction of sp³-hybridized carbons (Fsp3) is 0.312. The van der Waals surface area contributed by atoms with Crippen molar-refractivity contribution >= 4 is 17.3 Å². The largest absolute Gasteiger partial charge is 0.321 e. The number of amides is 1. The topological polar surface area (TPSA) is 59.3 Å². The molecular weight excluding hydrogens is 264 g/mol. The second kappa shape index (κ2) is 5.52. The van der Waals surface area contributed by atoms with Crippen LogP contribution in [0.1, 0.15) is 30.3 Å². The maximum absolute atomic E-state index is 11.9. The van der Waals surface area contributed by atoms with Crippen molar-refractivity contribution in [3.8, 4) is 0 Å². The van der Waals surface area contributed by atoms with Crippen LogP contribution in [-0.2, 0) is 11.3 Å². The standard InChI is InChI=1S/C16H18N4O/c1-3-9-20-16-14(11(2)19-20)18-13(21)10-17-15(16)12-7-5-4-6-8-12/h4-8H,3,9-10H2,1-2H3,(H,18,21). The first-order chi connectivity index (χ1) is 10.2. The molecule has 5 nitrogen and oxygen atoms in total. The summed E-state index contributed by atoms with van der Waals surface area (Å²) < 4.78 is 1.95. The van der Waals surface area contributed by atoms with Crippen LogP contribution in [0, 0.1) is 6.92 Å². The van der Waals surface area contributed by atoms with E-state index in [0.717, 1.165) is 41.3 Å². The van der Waals surface area contributed by atoms with Crippen LogP contribution in [0.5, 0.6) is 0 Å². The molecule has 1 aromatic carbocycles. The molecule has 5 heteroatoms. The van der Waals surface area contributed by atoms with Crippen LogP contribution in [0.15, 0.2) is 35.3 Å². The van der Waals surface area contributed by atoms with Crippen LogP contribution >= 0.6 is 0 Å². The van der Waals surface area contributed by atoms with Gasteiger partial charge in [0.25, 0.3) is 0 Å². The lowest BCUT2D eigenvalue weighted by molar-refractivity contribution is -0.114. The monoisotopic (exact) mass is 282 g/mol. The number of benzene rings is 1. The lowest BCUT2D eigenvalue weighted by Crippen LogP contribution is -2.14. The molecule has 0 aliphatic carbocycles. The number of anilines is 1. The average molecular weight is 282 g/mol. The molecule has 21 heavy (non-hydrogen) atoms. The maximum Gasteiger partial charge on any atom is 0.246 e. The van der Waals surface area contributed by atoms with E-state index in [1.807, 2.05) is 41.9 Å². The van der Waals surface area contributed by atoms with Crippen molar-refractivity contribution in [1.29, 1.82) is 0 Å². The third kappa shape index (κ3) is 2.46. The van der Waals surface area contributed by atoms with Crippen LogP contribution < -0.4 is 5.32 Å². The summed E-state index contributed by atoms with van der Waals surface area (Å²) in [7, 11) is 0. The smallest absolute Gasteiger partial charge is 0.246 e. The highest BCUT2D eigenvalue weighted by molar-refractivity contribution is 6.18. The summed E-state index contributed by atoms with van der Waals surface area (Å²) >= 11 is 0. The van der Waals surface area contributed by atoms with Gasteiger partial charge in [-0.25, -0.2) is 0 Å². The fourth-order valence-corrected chi connectivity index (χ4v) is 2.57. The first-order valence-electron chi connectivity index (χ1n) is 7.18. The predicted molar refractivity (Wildman–Crippen MR) is 82.8 cm³/mol. The van der Waals surface area contributed by atoms with Gasteiger partial charge in [-0.3, -0.25) is 14.5 Å². The van der Waals surface area contributed by atoms with Crippen molar-refractivity contribution in [1.82, 2.24) is 9.78 Å². The van der Waals surface area contributed by atoms with Crippen LogP contribution in [0.3, 0.4) is 0 Å². The number of aliphatic imine (C=N–C) groups is 1. The van der Waals surface area contributed by atoms with E-state index in [2.05, 4.69) is 22.3 Å². The number of aromatic nitrogens is 2. The molecule has 1 aromatic heterocycles. The van der Waals surface area contributed by atoms with Gasteiger partial charge >= 0.3 is 0 Å². The number of hydrogen-bond donors (Lipinski definition) is 1. The zero-order chi connectivity index (χ0) is 14.8. The summed E-state index contributed by atoms with van der Waals surface area (Å²) in [5.41, 5.74) is 4.36. The van der Waals surface area contributed by atoms with Crippen molar-refractivity contribution in [2.45, 2.75) is 26.8 Å². The van der Waals surface area contributed by atoms with Gasteiger partial charge in [-0.2, -0.15) is 5.10 Å². The van der Waals surface area contributed by atoms with Crippen molar-refractivity contribution in [2.75, 3.05) is 11.9 Å². The molecule has 1 aliphatic rings. The van der Waals surface area contributed by atoms with E-state index in [-0.39, 0.29) is 12.5 Å². The molecule has 0 radical (unpaired) electrons. The highest BCUT2D eigenvalue weighted by Crippen LogP contribution is 2.26. The summed E-state index contributed by atoms with van der Waals surface area (Å²) in [6.07, 6.45) is 0.976. The Kier molecular flexibility index (Phi) is 3.56. The van der Waals surface area contributed by atoms with Crippen LogP contribution in [-0.4, -0.2) is 27.9 Å². The predicted octanol–water partition coefficient (Wildman–Crippen LogP) is 2.39. The fourth-order valence-electron chi connectivity index (χ4n) is 2.57. The summed E-state index contributed by atoms with van der Waals surface area (Å²) in [6.45, 7) is 4.97. The van der Waals surface area contributed by atoms with Crippen molar-refractivity contribution < 1.29 is 4.79 Å². The average Bonchev–Trinajstić information content (AvgIpc) is 2.69. The number of nitrogens with zero attached hydrogens (tertiary/aromatic N) is 3. The zero-order valence-electron chi connectivity index (χ0n) is 12.3. The highest BCUT2D eigenvalue weighted by atomic mass is 16.1. The van der Waals surface area contributed by atoms with Gasteiger partial charge in [0, 0.05) is 12.1 Å². The first-order valence-corrected chi connectivity index (χ1v) is 7.18. The second-order valence-electron chi connectivity index (χ2n) is 5.11. The van der Waals surface area contributed by atoms with E-state index in [1.54, 1.807) is 0 Å². The van der Waals surface area contributed by atoms with E-state index in [0.29, 0.717) is 0 Å². The molecule has 0 unspecified atom stereocenters. The number of aryl methyl sites for hydroxylation is 2. The van der Waals surface area contributed by atoms with E-state index in [1.165, 1.54) is 0 Å². The Bertz CT molecular complexity index is 701. The molecule has 0 spiro atoms. The van der Waals surface area contributed by atoms with Crippen LogP contribution in [0.2, 0.25) is 0 Å². The molecule has 108 valence electrons. The summed E-state index contributed by atoms with van der Waals surface area (Å²) in [5, 5.41) is 7.49. The summed E-state index contributed by atoms with van der Waals surface area (Å²) in [6, 6.07) is 9.95. The van der Waals surface area contributed by atoms with Crippen LogP contribution in [0.4, 0.5) is 5.69 Å². The number of hydrogen-bond acceptors (Lipinski definition) is 3. The third-order valence-electron chi connectivity index (χ3n) is 3.48. The Morgan fingerprint density at radius 3 is 2.76 bits per heavy atom. The molecule has 0 fully saturated rings. The lowest BCUT2D eigenvalue weighted by atomic mass is 10.1. The van der Waals surface area contributed by atoms with Gasteiger partial charge < -0.3 is 5.32 Å². The number of nitrogens with one attached hydrogen (secondary N) is 1. The summed E-state index contributed by atoms with van der Waals surface area (Å²) in [5.74, 6) is -0.0960. The normalized spacial score (nSPS) is 14.2. The van der Waals surface area contributed by atoms with Crippen LogP contribution in [0.25, 0.3) is 0 Å². The van der Waals surface area contributed by atoms with E-state index in [4.69, 9.17) is 0 Å². The van der Waals surface area contributed by atoms with Gasteiger partial charge in [0.1, 0.15) is 12.2 Å². The molecule has 2 aromatic rings. The van der Waals surface area contributed by atoms with E-state index >= 15 is 0 Å². The van der Waals surface area contributed by atoms with E-state index in [9.17, 15) is 4.79 Å². The molecule has 0 saturated heterocycles. The minimum atomic E-state index is -0.0960. The molecular formula is C16H18N4O. The first kappa shape index (κ1) is 13.5. The molecule has 3 rings (SSSR count). The van der Waals surface area contributed by atoms with Gasteiger partial charge in [0.15, 0.2) is 0 Å². The Labute approximate surface area is 123 Å². The molecule has 2 heterocycles. The number of fused-ring (bicyclic) bond motifs is 1. The Morgan fingerprint density at radius 2 is 2.05 bits per heavy atom. The molecule has 1 N–H and O–H groups in total. The van der Waals surface area contributed by atoms with Gasteiger partial charge in [-0.15, -0.1) is 0 Å². The zero-order valence-corrected chi connectivity index (χ0v) is 12.3. The summed E-state index contributed by atoms with van der Waals surface area (Å²) in [4.78, 5) is 16.4. The quantitative estimate of drug-likeness (QED) is 0.939. The highest BCUT2D eigenvalue weighted by Gasteiger charge is 2.25. The maximum atomic E-state index is 11.9.